The highest BCUT2D eigenvalue weighted by molar-refractivity contribution is 6.74. The summed E-state index contributed by atoms with van der Waals surface area (Å²) in [5, 5.41) is 21.6. The Kier molecular flexibility index (Phi) is 6.19. The van der Waals surface area contributed by atoms with E-state index in [9.17, 15) is 9.90 Å². The molecule has 1 aliphatic heterocycles. The molecule has 2 heterocycles. The van der Waals surface area contributed by atoms with Crippen LogP contribution in [0.2, 0.25) is 18.1 Å². The average molecular weight is 377 g/mol. The van der Waals surface area contributed by atoms with Gasteiger partial charge in [-0.05, 0) is 30.3 Å². The lowest BCUT2D eigenvalue weighted by Crippen LogP contribution is -2.59. The molecular formula is C18H28N4O3Si. The Labute approximate surface area is 156 Å². The number of carbonyl (C=O) groups excluding carboxylic acids is 1. The minimum atomic E-state index is -1.79. The number of pyridine rings is 1. The van der Waals surface area contributed by atoms with Gasteiger partial charge in [0.25, 0.3) is 5.91 Å². The summed E-state index contributed by atoms with van der Waals surface area (Å²) in [5.74, 6) is -0.188. The zero-order chi connectivity index (χ0) is 19.5. The molecule has 142 valence electrons. The molecule has 7 nitrogen and oxygen atoms in total. The number of aliphatic hydroxyl groups excluding tert-OH is 1. The lowest BCUT2D eigenvalue weighted by atomic mass is 10.1. The van der Waals surface area contributed by atoms with Crippen molar-refractivity contribution in [3.8, 4) is 6.07 Å². The fraction of sp³-hybridized carbons (Fsp3) is 0.611. The van der Waals surface area contributed by atoms with E-state index in [2.05, 4.69) is 44.2 Å². The van der Waals surface area contributed by atoms with E-state index in [1.165, 1.54) is 12.3 Å². The van der Waals surface area contributed by atoms with Gasteiger partial charge in [-0.3, -0.25) is 9.69 Å². The predicted molar refractivity (Wildman–Crippen MR) is 102 cm³/mol. The maximum Gasteiger partial charge on any atom is 0.255 e. The van der Waals surface area contributed by atoms with Gasteiger partial charge in [-0.1, -0.05) is 20.8 Å². The minimum Gasteiger partial charge on any atom is -0.411 e. The van der Waals surface area contributed by atoms with Crippen LogP contribution in [-0.4, -0.2) is 61.1 Å². The second-order valence-corrected chi connectivity index (χ2v) is 13.0. The van der Waals surface area contributed by atoms with Crippen LogP contribution in [0.25, 0.3) is 0 Å². The number of anilines is 1. The topological polar surface area (TPSA) is 98.5 Å². The van der Waals surface area contributed by atoms with Crippen molar-refractivity contribution >= 4 is 20.0 Å². The fourth-order valence-electron chi connectivity index (χ4n) is 2.41. The molecular weight excluding hydrogens is 348 g/mol. The Hall–Kier alpha value is -1.79. The van der Waals surface area contributed by atoms with Gasteiger partial charge in [0, 0.05) is 25.8 Å². The smallest absolute Gasteiger partial charge is 0.255 e. The van der Waals surface area contributed by atoms with Crippen LogP contribution in [0.5, 0.6) is 0 Å². The third-order valence-corrected chi connectivity index (χ3v) is 9.60. The van der Waals surface area contributed by atoms with E-state index < -0.39 is 20.3 Å². The number of β-amino-alcohol motifs (C(OH)–C–C–N with tert-alkyl or cyclic N) is 1. The number of aromatic nitrogens is 1. The number of nitriles is 1. The van der Waals surface area contributed by atoms with Crippen LogP contribution in [0.4, 0.5) is 5.82 Å². The quantitative estimate of drug-likeness (QED) is 0.737. The average Bonchev–Trinajstić information content (AvgIpc) is 2.52. The second kappa shape index (κ2) is 7.84. The number of aliphatic hydroxyl groups is 1. The van der Waals surface area contributed by atoms with Gasteiger partial charge in [-0.25, -0.2) is 4.98 Å². The van der Waals surface area contributed by atoms with Gasteiger partial charge in [0.1, 0.15) is 18.0 Å². The highest BCUT2D eigenvalue weighted by Crippen LogP contribution is 2.38. The minimum absolute atomic E-state index is 0.168. The number of rotatable bonds is 6. The fourth-order valence-corrected chi connectivity index (χ4v) is 3.75. The van der Waals surface area contributed by atoms with Crippen LogP contribution < -0.4 is 5.32 Å². The maximum atomic E-state index is 12.1. The Morgan fingerprint density at radius 3 is 2.65 bits per heavy atom. The highest BCUT2D eigenvalue weighted by Gasteiger charge is 2.42. The molecule has 0 aliphatic carbocycles. The Bertz CT molecular complexity index is 673. The molecule has 1 unspecified atom stereocenters. The number of hydrogen-bond acceptors (Lipinski definition) is 6. The molecule has 1 saturated heterocycles. The summed E-state index contributed by atoms with van der Waals surface area (Å²) in [5.41, 5.74) is 0.414. The first-order valence-corrected chi connectivity index (χ1v) is 11.7. The van der Waals surface area contributed by atoms with Crippen molar-refractivity contribution in [2.75, 3.05) is 25.0 Å². The van der Waals surface area contributed by atoms with Crippen LogP contribution in [0.1, 0.15) is 26.3 Å². The van der Waals surface area contributed by atoms with E-state index in [1.54, 1.807) is 6.07 Å². The van der Waals surface area contributed by atoms with Gasteiger partial charge < -0.3 is 14.8 Å². The van der Waals surface area contributed by atoms with Gasteiger partial charge in [0.2, 0.25) is 0 Å². The monoisotopic (exact) mass is 376 g/mol. The molecule has 2 N–H and O–H groups in total. The number of nitrogens with one attached hydrogen (secondary N) is 1. The molecule has 0 spiro atoms. The normalized spacial score (nSPS) is 17.3. The molecule has 2 rings (SSSR count). The standard InChI is InChI=1S/C18H28N4O3Si/c1-18(2,3)26(4,5)25-14-10-22(11-14)12-15(23)17(24)21-16-7-6-13(8-19)9-20-16/h6-7,9,14-15,23H,10-12H2,1-5H3,(H,20,21,24). The first kappa shape index (κ1) is 20.5. The van der Waals surface area contributed by atoms with E-state index in [0.29, 0.717) is 11.4 Å². The summed E-state index contributed by atoms with van der Waals surface area (Å²) < 4.78 is 6.31. The summed E-state index contributed by atoms with van der Waals surface area (Å²) in [7, 11) is -1.79. The van der Waals surface area contributed by atoms with Crippen LogP contribution >= 0.6 is 0 Å². The van der Waals surface area contributed by atoms with Crippen LogP contribution in [-0.2, 0) is 9.22 Å². The molecule has 26 heavy (non-hydrogen) atoms. The summed E-state index contributed by atoms with van der Waals surface area (Å²) in [4.78, 5) is 18.0. The molecule has 1 aliphatic rings. The summed E-state index contributed by atoms with van der Waals surface area (Å²) in [6.07, 6.45) is 0.410. The summed E-state index contributed by atoms with van der Waals surface area (Å²) in [6.45, 7) is 12.8. The highest BCUT2D eigenvalue weighted by atomic mass is 28.4. The van der Waals surface area contributed by atoms with Gasteiger partial charge >= 0.3 is 0 Å². The number of hydrogen-bond donors (Lipinski definition) is 2. The SMILES string of the molecule is CC(C)(C)[Si](C)(C)OC1CN(CC(O)C(=O)Nc2ccc(C#N)cn2)C1. The van der Waals surface area contributed by atoms with Crippen LogP contribution in [0, 0.1) is 11.3 Å². The van der Waals surface area contributed by atoms with E-state index in [0.717, 1.165) is 13.1 Å². The first-order valence-electron chi connectivity index (χ1n) is 8.77. The Morgan fingerprint density at radius 2 is 2.15 bits per heavy atom. The first-order chi connectivity index (χ1) is 12.0. The molecule has 8 heteroatoms. The van der Waals surface area contributed by atoms with E-state index in [-0.39, 0.29) is 17.7 Å². The van der Waals surface area contributed by atoms with E-state index in [4.69, 9.17) is 9.69 Å². The molecule has 0 bridgehead atoms. The zero-order valence-electron chi connectivity index (χ0n) is 16.1. The van der Waals surface area contributed by atoms with E-state index >= 15 is 0 Å². The lowest BCUT2D eigenvalue weighted by Gasteiger charge is -2.46. The molecule has 0 saturated carbocycles. The third-order valence-electron chi connectivity index (χ3n) is 5.07. The lowest BCUT2D eigenvalue weighted by molar-refractivity contribution is -0.126. The molecule has 1 atom stereocenters. The third kappa shape index (κ3) is 5.11. The second-order valence-electron chi connectivity index (χ2n) is 8.27. The van der Waals surface area contributed by atoms with Crippen molar-refractivity contribution in [3.05, 3.63) is 23.9 Å². The molecule has 1 amide bonds. The van der Waals surface area contributed by atoms with Gasteiger partial charge in [0.15, 0.2) is 8.32 Å². The zero-order valence-corrected chi connectivity index (χ0v) is 17.1. The van der Waals surface area contributed by atoms with Crippen molar-refractivity contribution in [1.29, 1.82) is 5.26 Å². The summed E-state index contributed by atoms with van der Waals surface area (Å²) in [6, 6.07) is 5.06. The van der Waals surface area contributed by atoms with Crippen molar-refractivity contribution in [2.45, 2.75) is 51.1 Å². The summed E-state index contributed by atoms with van der Waals surface area (Å²) >= 11 is 0. The van der Waals surface area contributed by atoms with Crippen molar-refractivity contribution in [3.63, 3.8) is 0 Å². The van der Waals surface area contributed by atoms with Gasteiger partial charge in [-0.15, -0.1) is 0 Å². The number of carbonyl (C=O) groups is 1. The van der Waals surface area contributed by atoms with Crippen molar-refractivity contribution < 1.29 is 14.3 Å². The molecule has 1 fully saturated rings. The molecule has 0 aromatic carbocycles. The van der Waals surface area contributed by atoms with Crippen LogP contribution in [0.15, 0.2) is 18.3 Å². The van der Waals surface area contributed by atoms with Gasteiger partial charge in [-0.2, -0.15) is 5.26 Å². The Morgan fingerprint density at radius 1 is 1.50 bits per heavy atom. The molecule has 1 aromatic heterocycles. The Balaban J connectivity index is 1.76. The number of nitrogens with zero attached hydrogens (tertiary/aromatic N) is 3. The van der Waals surface area contributed by atoms with E-state index in [1.807, 2.05) is 11.0 Å². The van der Waals surface area contributed by atoms with Gasteiger partial charge in [0.05, 0.1) is 11.7 Å². The molecule has 0 radical (unpaired) electrons. The predicted octanol–water partition coefficient (Wildman–Crippen LogP) is 1.96. The van der Waals surface area contributed by atoms with Crippen LogP contribution in [0.3, 0.4) is 0 Å². The number of likely N-dealkylation sites (tertiary alicyclic amines) is 1. The maximum absolute atomic E-state index is 12.1. The largest absolute Gasteiger partial charge is 0.411 e. The van der Waals surface area contributed by atoms with Crippen molar-refractivity contribution in [1.82, 2.24) is 9.88 Å². The molecule has 1 aromatic rings. The number of amides is 1. The van der Waals surface area contributed by atoms with Crippen molar-refractivity contribution in [2.24, 2.45) is 0 Å².